The van der Waals surface area contributed by atoms with E-state index in [1.165, 1.54) is 22.9 Å². The minimum Gasteiger partial charge on any atom is -0.371 e. The molecule has 1 aromatic heterocycles. The van der Waals surface area contributed by atoms with Crippen molar-refractivity contribution in [3.63, 3.8) is 0 Å². The first kappa shape index (κ1) is 21.3. The summed E-state index contributed by atoms with van der Waals surface area (Å²) in [6.07, 6.45) is -0.868. The van der Waals surface area contributed by atoms with Gasteiger partial charge < -0.3 is 15.1 Å². The maximum absolute atomic E-state index is 12.8. The number of nitriles is 1. The Morgan fingerprint density at radius 3 is 2.87 bits per heavy atom. The van der Waals surface area contributed by atoms with Gasteiger partial charge in [-0.2, -0.15) is 5.26 Å². The molecule has 1 atom stereocenters. The lowest BCUT2D eigenvalue weighted by molar-refractivity contribution is -0.129. The van der Waals surface area contributed by atoms with Gasteiger partial charge in [-0.15, -0.1) is 11.8 Å². The van der Waals surface area contributed by atoms with Gasteiger partial charge in [0.2, 0.25) is 12.3 Å². The number of rotatable bonds is 6. The zero-order valence-corrected chi connectivity index (χ0v) is 17.4. The van der Waals surface area contributed by atoms with Crippen molar-refractivity contribution in [2.45, 2.75) is 18.9 Å². The summed E-state index contributed by atoms with van der Waals surface area (Å²) < 4.78 is 25.1. The zero-order valence-electron chi connectivity index (χ0n) is 16.6. The van der Waals surface area contributed by atoms with Gasteiger partial charge in [-0.05, 0) is 30.2 Å². The van der Waals surface area contributed by atoms with Crippen molar-refractivity contribution in [2.75, 3.05) is 36.2 Å². The number of nitrogens with one attached hydrogen (secondary N) is 1. The van der Waals surface area contributed by atoms with Crippen LogP contribution in [0.1, 0.15) is 16.8 Å². The van der Waals surface area contributed by atoms with Crippen molar-refractivity contribution in [3.8, 4) is 6.07 Å². The summed E-state index contributed by atoms with van der Waals surface area (Å²) in [5, 5.41) is 12.4. The Morgan fingerprint density at radius 1 is 1.32 bits per heavy atom. The van der Waals surface area contributed by atoms with E-state index in [0.717, 1.165) is 5.69 Å². The maximum Gasteiger partial charge on any atom is 0.252 e. The molecular weight excluding hydrogens is 424 g/mol. The van der Waals surface area contributed by atoms with E-state index >= 15 is 0 Å². The summed E-state index contributed by atoms with van der Waals surface area (Å²) in [6, 6.07) is 8.72. The Kier molecular flexibility index (Phi) is 6.23. The molecule has 2 amide bonds. The van der Waals surface area contributed by atoms with Crippen molar-refractivity contribution in [1.29, 1.82) is 5.26 Å². The number of alkyl halides is 2. The number of carbonyl (C=O) groups excluding carboxylic acids is 2. The van der Waals surface area contributed by atoms with Crippen LogP contribution in [0.3, 0.4) is 0 Å². The van der Waals surface area contributed by atoms with Crippen LogP contribution < -0.4 is 10.2 Å². The predicted molar refractivity (Wildman–Crippen MR) is 114 cm³/mol. The number of anilines is 1. The second-order valence-electron chi connectivity index (χ2n) is 7.65. The first-order valence-corrected chi connectivity index (χ1v) is 11.1. The maximum atomic E-state index is 12.8. The molecule has 2 saturated heterocycles. The Labute approximate surface area is 182 Å². The van der Waals surface area contributed by atoms with E-state index in [1.807, 2.05) is 17.0 Å². The van der Waals surface area contributed by atoms with Gasteiger partial charge in [0.1, 0.15) is 6.04 Å². The van der Waals surface area contributed by atoms with Gasteiger partial charge in [-0.1, -0.05) is 0 Å². The van der Waals surface area contributed by atoms with Crippen molar-refractivity contribution in [2.24, 2.45) is 5.92 Å². The van der Waals surface area contributed by atoms with Gasteiger partial charge in [0.25, 0.3) is 5.91 Å². The highest BCUT2D eigenvalue weighted by molar-refractivity contribution is 7.99. The fourth-order valence-electron chi connectivity index (χ4n) is 3.86. The van der Waals surface area contributed by atoms with E-state index in [4.69, 9.17) is 5.26 Å². The first-order valence-electron chi connectivity index (χ1n) is 9.93. The van der Waals surface area contributed by atoms with Crippen LogP contribution >= 0.6 is 11.8 Å². The average Bonchev–Trinajstić information content (AvgIpc) is 3.22. The number of pyridine rings is 1. The van der Waals surface area contributed by atoms with Gasteiger partial charge in [0.05, 0.1) is 29.6 Å². The number of hydrogen-bond donors (Lipinski definition) is 1. The van der Waals surface area contributed by atoms with Crippen LogP contribution in [0.15, 0.2) is 30.5 Å². The molecule has 0 spiro atoms. The molecule has 31 heavy (non-hydrogen) atoms. The van der Waals surface area contributed by atoms with Crippen LogP contribution in [0.5, 0.6) is 0 Å². The minimum absolute atomic E-state index is 0.0284. The number of nitrogens with zero attached hydrogens (tertiary/aromatic N) is 4. The van der Waals surface area contributed by atoms with Crippen LogP contribution in [-0.2, 0) is 4.79 Å². The second-order valence-corrected chi connectivity index (χ2v) is 8.65. The third kappa shape index (κ3) is 4.56. The van der Waals surface area contributed by atoms with Gasteiger partial charge in [-0.25, -0.2) is 8.78 Å². The number of aromatic nitrogens is 1. The number of thioether (sulfide) groups is 1. The van der Waals surface area contributed by atoms with Crippen LogP contribution in [0, 0.1) is 17.2 Å². The monoisotopic (exact) mass is 445 g/mol. The van der Waals surface area contributed by atoms with Crippen LogP contribution in [-0.4, -0.2) is 65.4 Å². The molecule has 162 valence electrons. The summed E-state index contributed by atoms with van der Waals surface area (Å²) in [4.78, 5) is 32.9. The molecule has 2 fully saturated rings. The molecule has 4 rings (SSSR count). The van der Waals surface area contributed by atoms with E-state index in [9.17, 15) is 18.4 Å². The smallest absolute Gasteiger partial charge is 0.252 e. The second kappa shape index (κ2) is 9.06. The lowest BCUT2D eigenvalue weighted by atomic mass is 9.95. The SMILES string of the molecule is N#CC1CSCN1C(=O)CNC(=O)c1ccnc2ccc(N3CC(CC(F)F)C3)cc12. The summed E-state index contributed by atoms with van der Waals surface area (Å²) in [5.41, 5.74) is 1.87. The lowest BCUT2D eigenvalue weighted by Gasteiger charge is -2.41. The molecule has 0 aliphatic carbocycles. The van der Waals surface area contributed by atoms with Crippen molar-refractivity contribution < 1.29 is 18.4 Å². The molecule has 2 aromatic rings. The summed E-state index contributed by atoms with van der Waals surface area (Å²) in [5.74, 6) is 0.283. The van der Waals surface area contributed by atoms with Crippen molar-refractivity contribution in [3.05, 3.63) is 36.0 Å². The minimum atomic E-state index is -2.30. The van der Waals surface area contributed by atoms with E-state index in [1.54, 1.807) is 12.1 Å². The molecule has 1 N–H and O–H groups in total. The molecule has 1 unspecified atom stereocenters. The quantitative estimate of drug-likeness (QED) is 0.735. The standard InChI is InChI=1S/C21H21F2N5O2S/c22-19(23)5-13-9-27(10-13)14-1-2-18-17(6-14)16(3-4-25-18)21(30)26-8-20(29)28-12-31-11-15(28)7-24/h1-4,6,13,15,19H,5,8-12H2,(H,26,30). The fourth-order valence-corrected chi connectivity index (χ4v) is 4.96. The average molecular weight is 445 g/mol. The van der Waals surface area contributed by atoms with Crippen molar-refractivity contribution >= 4 is 40.2 Å². The molecular formula is C21H21F2N5O2S. The Bertz CT molecular complexity index is 1040. The summed E-state index contributed by atoms with van der Waals surface area (Å²) >= 11 is 1.51. The van der Waals surface area contributed by atoms with Gasteiger partial charge >= 0.3 is 0 Å². The topological polar surface area (TPSA) is 89.3 Å². The predicted octanol–water partition coefficient (Wildman–Crippen LogP) is 2.48. The molecule has 3 heterocycles. The van der Waals surface area contributed by atoms with E-state index < -0.39 is 18.4 Å². The van der Waals surface area contributed by atoms with E-state index in [2.05, 4.69) is 16.4 Å². The highest BCUT2D eigenvalue weighted by atomic mass is 32.2. The van der Waals surface area contributed by atoms with Gasteiger partial charge in [-0.3, -0.25) is 14.6 Å². The Morgan fingerprint density at radius 2 is 2.13 bits per heavy atom. The number of amides is 2. The van der Waals surface area contributed by atoms with Crippen LogP contribution in [0.25, 0.3) is 10.9 Å². The van der Waals surface area contributed by atoms with Gasteiger partial charge in [0.15, 0.2) is 0 Å². The number of carbonyl (C=O) groups is 2. The molecule has 2 aliphatic heterocycles. The molecule has 0 radical (unpaired) electrons. The van der Waals surface area contributed by atoms with Crippen molar-refractivity contribution in [1.82, 2.24) is 15.2 Å². The zero-order chi connectivity index (χ0) is 22.0. The molecule has 0 bridgehead atoms. The number of hydrogen-bond acceptors (Lipinski definition) is 6. The molecule has 10 heteroatoms. The van der Waals surface area contributed by atoms with E-state index in [0.29, 0.717) is 41.2 Å². The molecule has 2 aliphatic rings. The number of halogens is 2. The number of fused-ring (bicyclic) bond motifs is 1. The normalized spacial score (nSPS) is 18.8. The van der Waals surface area contributed by atoms with Crippen LogP contribution in [0.4, 0.5) is 14.5 Å². The van der Waals surface area contributed by atoms with Crippen LogP contribution in [0.2, 0.25) is 0 Å². The third-order valence-electron chi connectivity index (χ3n) is 5.56. The Hall–Kier alpha value is -2.93. The molecule has 7 nitrogen and oxygen atoms in total. The van der Waals surface area contributed by atoms with E-state index in [-0.39, 0.29) is 24.8 Å². The third-order valence-corrected chi connectivity index (χ3v) is 6.57. The highest BCUT2D eigenvalue weighted by Crippen LogP contribution is 2.31. The largest absolute Gasteiger partial charge is 0.371 e. The molecule has 0 saturated carbocycles. The van der Waals surface area contributed by atoms with Gasteiger partial charge in [0, 0.05) is 42.5 Å². The summed E-state index contributed by atoms with van der Waals surface area (Å²) in [6.45, 7) is 0.919. The lowest BCUT2D eigenvalue weighted by Crippen LogP contribution is -2.47. The summed E-state index contributed by atoms with van der Waals surface area (Å²) in [7, 11) is 0. The fraction of sp³-hybridized carbons (Fsp3) is 0.429. The first-order chi connectivity index (χ1) is 15.0. The molecule has 1 aromatic carbocycles. The number of benzene rings is 1. The Balaban J connectivity index is 1.45. The highest BCUT2D eigenvalue weighted by Gasteiger charge is 2.30.